The van der Waals surface area contributed by atoms with Gasteiger partial charge >= 0.3 is 0 Å². The highest BCUT2D eigenvalue weighted by Gasteiger charge is 2.38. The van der Waals surface area contributed by atoms with Crippen LogP contribution in [-0.4, -0.2) is 39.1 Å². The Kier molecular flexibility index (Phi) is 4.43. The van der Waals surface area contributed by atoms with E-state index < -0.39 is 11.4 Å². The standard InChI is InChI=1S/C18H23FN6O/c1-11-4-5-15-22-7-14(25(15)8-11)18(2,3)23-17(26)12-9-24(10-12)16(21)13(19)6-20/h4-8,12,21H,9-10,20H2,1-3H3,(H,23,26). The molecule has 1 saturated heterocycles. The van der Waals surface area contributed by atoms with E-state index >= 15 is 0 Å². The Bertz CT molecular complexity index is 894. The molecule has 0 bridgehead atoms. The molecule has 3 heterocycles. The second kappa shape index (κ2) is 6.44. The largest absolute Gasteiger partial charge is 0.402 e. The number of carbonyl (C=O) groups is 1. The van der Waals surface area contributed by atoms with E-state index in [2.05, 4.69) is 10.3 Å². The number of rotatable bonds is 4. The number of nitrogens with zero attached hydrogens (tertiary/aromatic N) is 3. The normalized spacial score (nSPS) is 15.8. The molecule has 138 valence electrons. The molecule has 0 spiro atoms. The minimum Gasteiger partial charge on any atom is -0.402 e. The first-order chi connectivity index (χ1) is 12.2. The predicted molar refractivity (Wildman–Crippen MR) is 97.3 cm³/mol. The molecule has 4 N–H and O–H groups in total. The average molecular weight is 358 g/mol. The topological polar surface area (TPSA) is 99.5 Å². The molecule has 0 radical (unpaired) electrons. The van der Waals surface area contributed by atoms with Crippen LogP contribution in [0, 0.1) is 18.3 Å². The zero-order chi connectivity index (χ0) is 19.1. The highest BCUT2D eigenvalue weighted by molar-refractivity contribution is 5.95. The van der Waals surface area contributed by atoms with Gasteiger partial charge in [-0.15, -0.1) is 0 Å². The van der Waals surface area contributed by atoms with Gasteiger partial charge in [0.15, 0.2) is 11.7 Å². The Labute approximate surface area is 151 Å². The number of imidazole rings is 1. The Balaban J connectivity index is 1.69. The fourth-order valence-corrected chi connectivity index (χ4v) is 3.08. The molecule has 1 aliphatic heterocycles. The molecule has 1 aliphatic rings. The molecule has 1 amide bonds. The lowest BCUT2D eigenvalue weighted by molar-refractivity contribution is -0.130. The predicted octanol–water partition coefficient (Wildman–Crippen LogP) is 1.67. The third kappa shape index (κ3) is 3.14. The SMILES string of the molecule is Cc1ccc2ncc(C(C)(C)NC(=O)C3CN(C(=N)C(F)=CN)C3)n2c1. The molecule has 3 rings (SSSR count). The van der Waals surface area contributed by atoms with E-state index in [9.17, 15) is 9.18 Å². The van der Waals surface area contributed by atoms with Crippen molar-refractivity contribution in [3.05, 3.63) is 47.8 Å². The monoisotopic (exact) mass is 358 g/mol. The summed E-state index contributed by atoms with van der Waals surface area (Å²) in [6.07, 6.45) is 4.50. The van der Waals surface area contributed by atoms with Gasteiger partial charge in [-0.3, -0.25) is 10.2 Å². The van der Waals surface area contributed by atoms with Crippen molar-refractivity contribution in [3.63, 3.8) is 0 Å². The number of aromatic nitrogens is 2. The first-order valence-electron chi connectivity index (χ1n) is 8.40. The maximum Gasteiger partial charge on any atom is 0.227 e. The first kappa shape index (κ1) is 17.9. The van der Waals surface area contributed by atoms with Gasteiger partial charge in [-0.05, 0) is 32.4 Å². The highest BCUT2D eigenvalue weighted by atomic mass is 19.1. The summed E-state index contributed by atoms with van der Waals surface area (Å²) in [5.74, 6) is -1.49. The van der Waals surface area contributed by atoms with Gasteiger partial charge in [-0.2, -0.15) is 0 Å². The van der Waals surface area contributed by atoms with Crippen LogP contribution in [-0.2, 0) is 10.3 Å². The molecule has 2 aromatic rings. The second-order valence-corrected chi connectivity index (χ2v) is 7.16. The number of fused-ring (bicyclic) bond motifs is 1. The third-order valence-electron chi connectivity index (χ3n) is 4.67. The first-order valence-corrected chi connectivity index (χ1v) is 8.40. The molecule has 1 fully saturated rings. The lowest BCUT2D eigenvalue weighted by Gasteiger charge is -2.40. The van der Waals surface area contributed by atoms with Gasteiger partial charge in [0, 0.05) is 25.5 Å². The summed E-state index contributed by atoms with van der Waals surface area (Å²) in [5, 5.41) is 10.7. The van der Waals surface area contributed by atoms with Crippen LogP contribution in [0.1, 0.15) is 25.1 Å². The zero-order valence-electron chi connectivity index (χ0n) is 15.1. The quantitative estimate of drug-likeness (QED) is 0.572. The van der Waals surface area contributed by atoms with Crippen LogP contribution in [0.25, 0.3) is 5.65 Å². The number of amides is 1. The molecule has 0 aliphatic carbocycles. The van der Waals surface area contributed by atoms with E-state index in [1.807, 2.05) is 43.5 Å². The lowest BCUT2D eigenvalue weighted by Crippen LogP contribution is -2.58. The number of halogens is 1. The van der Waals surface area contributed by atoms with Crippen molar-refractivity contribution < 1.29 is 9.18 Å². The lowest BCUT2D eigenvalue weighted by atomic mass is 9.95. The van der Waals surface area contributed by atoms with Gasteiger partial charge in [0.1, 0.15) is 5.65 Å². The molecular formula is C18H23FN6O. The van der Waals surface area contributed by atoms with Crippen molar-refractivity contribution in [1.29, 1.82) is 5.41 Å². The van der Waals surface area contributed by atoms with Gasteiger partial charge in [-0.1, -0.05) is 6.07 Å². The van der Waals surface area contributed by atoms with Crippen LogP contribution >= 0.6 is 0 Å². The van der Waals surface area contributed by atoms with E-state index in [-0.39, 0.29) is 17.7 Å². The van der Waals surface area contributed by atoms with Gasteiger partial charge in [-0.25, -0.2) is 9.37 Å². The van der Waals surface area contributed by atoms with E-state index in [0.717, 1.165) is 23.1 Å². The van der Waals surface area contributed by atoms with Crippen molar-refractivity contribution in [1.82, 2.24) is 19.6 Å². The summed E-state index contributed by atoms with van der Waals surface area (Å²) in [4.78, 5) is 18.4. The molecule has 8 heteroatoms. The number of nitrogens with two attached hydrogens (primary N) is 1. The Morgan fingerprint density at radius 2 is 2.15 bits per heavy atom. The maximum atomic E-state index is 13.3. The molecule has 0 saturated carbocycles. The molecular weight excluding hydrogens is 335 g/mol. The fraction of sp³-hybridized carbons (Fsp3) is 0.389. The highest BCUT2D eigenvalue weighted by Crippen LogP contribution is 2.25. The number of carbonyl (C=O) groups excluding carboxylic acids is 1. The number of hydrogen-bond donors (Lipinski definition) is 3. The van der Waals surface area contributed by atoms with Crippen LogP contribution in [0.15, 0.2) is 36.6 Å². The molecule has 0 aromatic carbocycles. The Morgan fingerprint density at radius 1 is 1.46 bits per heavy atom. The molecule has 2 aromatic heterocycles. The van der Waals surface area contributed by atoms with Crippen molar-refractivity contribution >= 4 is 17.4 Å². The van der Waals surface area contributed by atoms with Crippen LogP contribution in [0.3, 0.4) is 0 Å². The summed E-state index contributed by atoms with van der Waals surface area (Å²) in [6, 6.07) is 3.93. The van der Waals surface area contributed by atoms with Gasteiger partial charge in [0.25, 0.3) is 0 Å². The zero-order valence-corrected chi connectivity index (χ0v) is 15.1. The fourth-order valence-electron chi connectivity index (χ4n) is 3.08. The van der Waals surface area contributed by atoms with Crippen LogP contribution in [0.4, 0.5) is 4.39 Å². The summed E-state index contributed by atoms with van der Waals surface area (Å²) in [7, 11) is 0. The van der Waals surface area contributed by atoms with Crippen LogP contribution in [0.5, 0.6) is 0 Å². The summed E-state index contributed by atoms with van der Waals surface area (Å²) < 4.78 is 15.3. The van der Waals surface area contributed by atoms with E-state index in [1.165, 1.54) is 4.90 Å². The number of amidine groups is 1. The average Bonchev–Trinajstić information content (AvgIpc) is 2.95. The summed E-state index contributed by atoms with van der Waals surface area (Å²) in [6.45, 7) is 6.45. The number of aryl methyl sites for hydroxylation is 1. The van der Waals surface area contributed by atoms with Crippen LogP contribution in [0.2, 0.25) is 0 Å². The molecule has 7 nitrogen and oxygen atoms in total. The molecule has 0 unspecified atom stereocenters. The summed E-state index contributed by atoms with van der Waals surface area (Å²) in [5.41, 5.74) is 7.26. The minimum absolute atomic E-state index is 0.126. The van der Waals surface area contributed by atoms with Crippen LogP contribution < -0.4 is 11.1 Å². The van der Waals surface area contributed by atoms with Gasteiger partial charge in [0.05, 0.1) is 23.3 Å². The minimum atomic E-state index is -0.787. The van der Waals surface area contributed by atoms with Gasteiger partial charge < -0.3 is 20.4 Å². The Morgan fingerprint density at radius 3 is 2.81 bits per heavy atom. The molecule has 26 heavy (non-hydrogen) atoms. The third-order valence-corrected chi connectivity index (χ3v) is 4.67. The molecule has 0 atom stereocenters. The number of pyridine rings is 1. The number of hydrogen-bond acceptors (Lipinski definition) is 4. The number of likely N-dealkylation sites (tertiary alicyclic amines) is 1. The van der Waals surface area contributed by atoms with Crippen molar-refractivity contribution in [2.24, 2.45) is 11.7 Å². The van der Waals surface area contributed by atoms with E-state index in [1.54, 1.807) is 6.20 Å². The summed E-state index contributed by atoms with van der Waals surface area (Å²) >= 11 is 0. The smallest absolute Gasteiger partial charge is 0.227 e. The number of nitrogens with one attached hydrogen (secondary N) is 2. The van der Waals surface area contributed by atoms with Gasteiger partial charge in [0.2, 0.25) is 5.91 Å². The Hall–Kier alpha value is -2.90. The van der Waals surface area contributed by atoms with Crippen molar-refractivity contribution in [3.8, 4) is 0 Å². The van der Waals surface area contributed by atoms with Crippen molar-refractivity contribution in [2.45, 2.75) is 26.3 Å². The second-order valence-electron chi connectivity index (χ2n) is 7.16. The maximum absolute atomic E-state index is 13.3. The van der Waals surface area contributed by atoms with Crippen molar-refractivity contribution in [2.75, 3.05) is 13.1 Å². The van der Waals surface area contributed by atoms with E-state index in [4.69, 9.17) is 11.1 Å². The van der Waals surface area contributed by atoms with E-state index in [0.29, 0.717) is 13.1 Å².